The van der Waals surface area contributed by atoms with Crippen LogP contribution in [-0.4, -0.2) is 19.7 Å². The Labute approximate surface area is 151 Å². The lowest BCUT2D eigenvalue weighted by Crippen LogP contribution is -2.05. The Morgan fingerprint density at radius 2 is 1.85 bits per heavy atom. The van der Waals surface area contributed by atoms with Crippen LogP contribution in [-0.2, 0) is 25.7 Å². The fourth-order valence-corrected chi connectivity index (χ4v) is 3.19. The minimum Gasteiger partial charge on any atom is -0.497 e. The highest BCUT2D eigenvalue weighted by Gasteiger charge is 2.38. The number of hydrogen-bond acceptors (Lipinski definition) is 5. The van der Waals surface area contributed by atoms with Crippen LogP contribution in [0.15, 0.2) is 77.6 Å². The van der Waals surface area contributed by atoms with Crippen LogP contribution in [0, 0.1) is 0 Å². The van der Waals surface area contributed by atoms with Crippen LogP contribution in [0.4, 0.5) is 0 Å². The zero-order valence-electron chi connectivity index (χ0n) is 14.3. The summed E-state index contributed by atoms with van der Waals surface area (Å²) in [6, 6.07) is 17.5. The van der Waals surface area contributed by atoms with E-state index in [9.17, 15) is 4.79 Å². The fourth-order valence-electron chi connectivity index (χ4n) is 3.19. The van der Waals surface area contributed by atoms with E-state index in [0.717, 1.165) is 22.4 Å². The van der Waals surface area contributed by atoms with E-state index >= 15 is 0 Å². The molecule has 0 spiro atoms. The summed E-state index contributed by atoms with van der Waals surface area (Å²) in [7, 11) is 1.62. The van der Waals surface area contributed by atoms with Crippen molar-refractivity contribution in [2.45, 2.75) is 12.5 Å². The van der Waals surface area contributed by atoms with Gasteiger partial charge in [0.05, 0.1) is 7.11 Å². The van der Waals surface area contributed by atoms with Gasteiger partial charge in [-0.3, -0.25) is 0 Å². The summed E-state index contributed by atoms with van der Waals surface area (Å²) < 4.78 is 10.9. The zero-order chi connectivity index (χ0) is 17.9. The Kier molecular flexibility index (Phi) is 4.46. The molecule has 2 aliphatic rings. The largest absolute Gasteiger partial charge is 0.497 e. The smallest absolute Gasteiger partial charge is 0.343 e. The van der Waals surface area contributed by atoms with Crippen molar-refractivity contribution in [2.24, 2.45) is 0 Å². The number of carbonyl (C=O) groups is 1. The first-order chi connectivity index (χ1) is 12.8. The molecule has 0 saturated heterocycles. The number of methoxy groups -OCH3 is 1. The summed E-state index contributed by atoms with van der Waals surface area (Å²) in [6.07, 6.45) is 1.87. The SMILES string of the molecule is COc1ccc(C2OC(=O)C(C3=CCOO3)=C2Cc2ccccc2)cc1. The van der Waals surface area contributed by atoms with Gasteiger partial charge in [-0.2, -0.15) is 4.89 Å². The van der Waals surface area contributed by atoms with E-state index in [1.54, 1.807) is 13.2 Å². The second-order valence-corrected chi connectivity index (χ2v) is 6.06. The van der Waals surface area contributed by atoms with Gasteiger partial charge in [-0.15, -0.1) is 0 Å². The van der Waals surface area contributed by atoms with Gasteiger partial charge in [-0.25, -0.2) is 4.79 Å². The molecule has 2 aliphatic heterocycles. The third kappa shape index (κ3) is 3.09. The predicted octanol–water partition coefficient (Wildman–Crippen LogP) is 3.68. The number of ether oxygens (including phenoxy) is 2. The Morgan fingerprint density at radius 1 is 1.08 bits per heavy atom. The third-order valence-electron chi connectivity index (χ3n) is 4.45. The normalized spacial score (nSPS) is 19.2. The monoisotopic (exact) mass is 350 g/mol. The molecular weight excluding hydrogens is 332 g/mol. The lowest BCUT2D eigenvalue weighted by molar-refractivity contribution is -0.231. The maximum atomic E-state index is 12.6. The summed E-state index contributed by atoms with van der Waals surface area (Å²) in [6.45, 7) is 0.317. The van der Waals surface area contributed by atoms with Crippen LogP contribution in [0.5, 0.6) is 5.75 Å². The molecule has 0 saturated carbocycles. The van der Waals surface area contributed by atoms with Crippen molar-refractivity contribution in [3.05, 3.63) is 88.7 Å². The van der Waals surface area contributed by atoms with Crippen LogP contribution >= 0.6 is 0 Å². The van der Waals surface area contributed by atoms with Gasteiger partial charge in [-0.05, 0) is 41.3 Å². The summed E-state index contributed by atoms with van der Waals surface area (Å²) in [5.41, 5.74) is 3.30. The van der Waals surface area contributed by atoms with Gasteiger partial charge in [0.2, 0.25) is 0 Å². The van der Waals surface area contributed by atoms with Gasteiger partial charge in [0, 0.05) is 0 Å². The summed E-state index contributed by atoms with van der Waals surface area (Å²) in [5.74, 6) is 0.785. The molecule has 2 aromatic carbocycles. The van der Waals surface area contributed by atoms with Crippen LogP contribution < -0.4 is 4.74 Å². The predicted molar refractivity (Wildman–Crippen MR) is 94.1 cm³/mol. The van der Waals surface area contributed by atoms with Gasteiger partial charge in [0.15, 0.2) is 5.76 Å². The molecule has 0 N–H and O–H groups in total. The molecule has 5 heteroatoms. The molecule has 0 aliphatic carbocycles. The van der Waals surface area contributed by atoms with Gasteiger partial charge >= 0.3 is 5.97 Å². The Morgan fingerprint density at radius 3 is 2.50 bits per heavy atom. The van der Waals surface area contributed by atoms with E-state index in [4.69, 9.17) is 19.2 Å². The molecule has 0 radical (unpaired) electrons. The fraction of sp³-hybridized carbons (Fsp3) is 0.190. The van der Waals surface area contributed by atoms with E-state index in [2.05, 4.69) is 0 Å². The molecule has 0 amide bonds. The van der Waals surface area contributed by atoms with E-state index in [1.165, 1.54) is 0 Å². The molecule has 1 atom stereocenters. The van der Waals surface area contributed by atoms with Crippen molar-refractivity contribution in [1.82, 2.24) is 0 Å². The quantitative estimate of drug-likeness (QED) is 0.608. The second-order valence-electron chi connectivity index (χ2n) is 6.06. The van der Waals surface area contributed by atoms with Crippen LogP contribution in [0.2, 0.25) is 0 Å². The summed E-state index contributed by atoms with van der Waals surface area (Å²) in [5, 5.41) is 0. The van der Waals surface area contributed by atoms with Crippen LogP contribution in [0.3, 0.4) is 0 Å². The molecule has 0 bridgehead atoms. The number of hydrogen-bond donors (Lipinski definition) is 0. The van der Waals surface area contributed by atoms with Gasteiger partial charge < -0.3 is 14.4 Å². The molecule has 0 fully saturated rings. The highest BCUT2D eigenvalue weighted by atomic mass is 17.2. The first-order valence-electron chi connectivity index (χ1n) is 8.38. The second kappa shape index (κ2) is 7.06. The Balaban J connectivity index is 1.75. The van der Waals surface area contributed by atoms with Crippen molar-refractivity contribution in [2.75, 3.05) is 13.7 Å². The standard InChI is InChI=1S/C21H18O5/c1-23-16-9-7-15(8-10-16)20-17(13-14-5-3-2-4-6-14)19(21(22)25-20)18-11-12-24-26-18/h2-11,20H,12-13H2,1H3. The third-order valence-corrected chi connectivity index (χ3v) is 4.45. The number of cyclic esters (lactones) is 1. The zero-order valence-corrected chi connectivity index (χ0v) is 14.3. The van der Waals surface area contributed by atoms with Gasteiger partial charge in [0.1, 0.15) is 24.0 Å². The van der Waals surface area contributed by atoms with Gasteiger partial charge in [0.25, 0.3) is 0 Å². The lowest BCUT2D eigenvalue weighted by Gasteiger charge is -2.15. The molecule has 5 nitrogen and oxygen atoms in total. The number of rotatable bonds is 5. The highest BCUT2D eigenvalue weighted by Crippen LogP contribution is 2.41. The first-order valence-corrected chi connectivity index (χ1v) is 8.38. The molecular formula is C21H18O5. The molecule has 132 valence electrons. The summed E-state index contributed by atoms with van der Waals surface area (Å²) >= 11 is 0. The topological polar surface area (TPSA) is 54.0 Å². The molecule has 1 unspecified atom stereocenters. The first kappa shape index (κ1) is 16.4. The maximum Gasteiger partial charge on any atom is 0.343 e. The van der Waals surface area contributed by atoms with E-state index in [1.807, 2.05) is 54.6 Å². The van der Waals surface area contributed by atoms with Crippen LogP contribution in [0.25, 0.3) is 0 Å². The molecule has 0 aromatic heterocycles. The van der Waals surface area contributed by atoms with E-state index in [0.29, 0.717) is 24.4 Å². The summed E-state index contributed by atoms with van der Waals surface area (Å²) in [4.78, 5) is 22.7. The van der Waals surface area contributed by atoms with Crippen molar-refractivity contribution >= 4 is 5.97 Å². The van der Waals surface area contributed by atoms with Crippen molar-refractivity contribution in [3.63, 3.8) is 0 Å². The molecule has 4 rings (SSSR count). The van der Waals surface area contributed by atoms with Crippen molar-refractivity contribution < 1.29 is 24.0 Å². The molecule has 2 aromatic rings. The lowest BCUT2D eigenvalue weighted by atomic mass is 9.92. The number of benzene rings is 2. The Hall–Kier alpha value is -3.05. The Bertz CT molecular complexity index is 865. The average molecular weight is 350 g/mol. The van der Waals surface area contributed by atoms with Crippen LogP contribution in [0.1, 0.15) is 17.2 Å². The average Bonchev–Trinajstić information content (AvgIpc) is 3.31. The van der Waals surface area contributed by atoms with Crippen molar-refractivity contribution in [1.29, 1.82) is 0 Å². The maximum absolute atomic E-state index is 12.6. The van der Waals surface area contributed by atoms with Crippen molar-refractivity contribution in [3.8, 4) is 5.75 Å². The molecule has 2 heterocycles. The van der Waals surface area contributed by atoms with Gasteiger partial charge in [-0.1, -0.05) is 42.5 Å². The van der Waals surface area contributed by atoms with E-state index < -0.39 is 12.1 Å². The van der Waals surface area contributed by atoms with E-state index in [-0.39, 0.29) is 0 Å². The minimum atomic E-state index is -0.464. The minimum absolute atomic E-state index is 0.317. The molecule has 26 heavy (non-hydrogen) atoms. The number of carbonyl (C=O) groups excluding carboxylic acids is 1. The number of esters is 1. The highest BCUT2D eigenvalue weighted by molar-refractivity contribution is 5.96.